The normalized spacial score (nSPS) is 24.6. The van der Waals surface area contributed by atoms with Crippen LogP contribution in [-0.4, -0.2) is 69.1 Å². The van der Waals surface area contributed by atoms with Crippen molar-refractivity contribution in [1.82, 2.24) is 24.4 Å². The summed E-state index contributed by atoms with van der Waals surface area (Å²) in [6, 6.07) is 11.7. The molecule has 8 nitrogen and oxygen atoms in total. The number of amides is 2. The fourth-order valence-electron chi connectivity index (χ4n) is 4.56. The maximum absolute atomic E-state index is 13.2. The van der Waals surface area contributed by atoms with Gasteiger partial charge in [-0.05, 0) is 18.1 Å². The Balaban J connectivity index is 1.48. The van der Waals surface area contributed by atoms with E-state index in [0.717, 1.165) is 5.56 Å². The van der Waals surface area contributed by atoms with E-state index in [9.17, 15) is 9.59 Å². The lowest BCUT2D eigenvalue weighted by Crippen LogP contribution is -2.67. The Kier molecular flexibility index (Phi) is 4.09. The van der Waals surface area contributed by atoms with Crippen LogP contribution >= 0.6 is 0 Å². The largest absolute Gasteiger partial charge is 0.364 e. The zero-order valence-corrected chi connectivity index (χ0v) is 16.1. The number of hydrogen-bond donors (Lipinski definition) is 0. The van der Waals surface area contributed by atoms with E-state index in [1.807, 2.05) is 37.4 Å². The van der Waals surface area contributed by atoms with E-state index < -0.39 is 5.54 Å². The Morgan fingerprint density at radius 3 is 2.90 bits per heavy atom. The molecule has 5 rings (SSSR count). The second-order valence-electron chi connectivity index (χ2n) is 7.49. The van der Waals surface area contributed by atoms with Crippen molar-refractivity contribution in [3.63, 3.8) is 0 Å². The lowest BCUT2D eigenvalue weighted by atomic mass is 9.76. The molecule has 0 saturated carbocycles. The zero-order valence-electron chi connectivity index (χ0n) is 16.1. The van der Waals surface area contributed by atoms with E-state index in [1.165, 1.54) is 0 Å². The van der Waals surface area contributed by atoms with Crippen LogP contribution in [0.3, 0.4) is 0 Å². The number of carbonyl (C=O) groups is 2. The fourth-order valence-corrected chi connectivity index (χ4v) is 4.56. The first kappa shape index (κ1) is 17.8. The van der Waals surface area contributed by atoms with Gasteiger partial charge in [0.1, 0.15) is 18.3 Å². The number of benzene rings is 1. The summed E-state index contributed by atoms with van der Waals surface area (Å²) in [5.74, 6) is -0.166. The Labute approximate surface area is 167 Å². The summed E-state index contributed by atoms with van der Waals surface area (Å²) >= 11 is 0. The minimum Gasteiger partial charge on any atom is -0.364 e. The Hall–Kier alpha value is -3.26. The van der Waals surface area contributed by atoms with Crippen LogP contribution in [0.15, 0.2) is 55.0 Å². The first-order valence-corrected chi connectivity index (χ1v) is 9.62. The Morgan fingerprint density at radius 1 is 1.24 bits per heavy atom. The van der Waals surface area contributed by atoms with Crippen LogP contribution in [-0.2, 0) is 15.1 Å². The maximum atomic E-state index is 13.2. The third-order valence-corrected chi connectivity index (χ3v) is 6.13. The van der Waals surface area contributed by atoms with Crippen molar-refractivity contribution < 1.29 is 14.3 Å². The molecule has 0 spiro atoms. The van der Waals surface area contributed by atoms with Crippen molar-refractivity contribution in [3.8, 4) is 0 Å². The molecule has 2 aliphatic heterocycles. The van der Waals surface area contributed by atoms with E-state index in [2.05, 4.69) is 10.1 Å². The molecule has 2 atom stereocenters. The predicted molar refractivity (Wildman–Crippen MR) is 104 cm³/mol. The Bertz CT molecular complexity index is 1080. The van der Waals surface area contributed by atoms with Gasteiger partial charge in [-0.1, -0.05) is 30.3 Å². The second kappa shape index (κ2) is 6.66. The van der Waals surface area contributed by atoms with Crippen LogP contribution in [0, 0.1) is 0 Å². The number of nitrogens with zero attached hydrogens (tertiary/aromatic N) is 5. The molecule has 2 saturated heterocycles. The molecule has 0 aliphatic carbocycles. The topological polar surface area (TPSA) is 80.0 Å². The summed E-state index contributed by atoms with van der Waals surface area (Å²) in [5, 5.41) is 4.22. The number of likely N-dealkylation sites (N-methyl/N-ethyl adjacent to an activating group) is 1. The zero-order chi connectivity index (χ0) is 20.0. The van der Waals surface area contributed by atoms with Gasteiger partial charge in [0.05, 0.1) is 11.7 Å². The predicted octanol–water partition coefficient (Wildman–Crippen LogP) is 1.33. The fraction of sp³-hybridized carbons (Fsp3) is 0.333. The van der Waals surface area contributed by atoms with E-state index >= 15 is 0 Å². The van der Waals surface area contributed by atoms with Gasteiger partial charge in [-0.25, -0.2) is 9.50 Å². The van der Waals surface area contributed by atoms with Gasteiger partial charge in [0, 0.05) is 32.5 Å². The molecular weight excluding hydrogens is 370 g/mol. The maximum Gasteiger partial charge on any atom is 0.259 e. The summed E-state index contributed by atoms with van der Waals surface area (Å²) in [6.45, 7) is 0.932. The van der Waals surface area contributed by atoms with E-state index in [4.69, 9.17) is 4.74 Å². The average Bonchev–Trinajstić information content (AvgIpc) is 3.20. The summed E-state index contributed by atoms with van der Waals surface area (Å²) < 4.78 is 7.58. The van der Waals surface area contributed by atoms with Crippen molar-refractivity contribution in [2.75, 3.05) is 26.7 Å². The molecule has 0 unspecified atom stereocenters. The van der Waals surface area contributed by atoms with Gasteiger partial charge in [-0.3, -0.25) is 9.59 Å². The van der Waals surface area contributed by atoms with Crippen LogP contribution in [0.1, 0.15) is 22.3 Å². The highest BCUT2D eigenvalue weighted by atomic mass is 16.5. The molecule has 4 heterocycles. The van der Waals surface area contributed by atoms with Crippen LogP contribution in [0.2, 0.25) is 0 Å². The van der Waals surface area contributed by atoms with Gasteiger partial charge in [0.15, 0.2) is 5.65 Å². The number of aromatic nitrogens is 3. The van der Waals surface area contributed by atoms with Crippen LogP contribution in [0.25, 0.3) is 5.65 Å². The molecule has 0 radical (unpaired) electrons. The van der Waals surface area contributed by atoms with Crippen molar-refractivity contribution in [3.05, 3.63) is 66.1 Å². The number of hydrogen-bond acceptors (Lipinski definition) is 5. The lowest BCUT2D eigenvalue weighted by molar-refractivity contribution is -0.180. The minimum absolute atomic E-state index is 0.0239. The number of fused-ring (bicyclic) bond motifs is 2. The first-order chi connectivity index (χ1) is 14.1. The average molecular weight is 391 g/mol. The van der Waals surface area contributed by atoms with Gasteiger partial charge in [-0.15, -0.1) is 0 Å². The number of likely N-dealkylation sites (tertiary alicyclic amines) is 1. The van der Waals surface area contributed by atoms with Crippen LogP contribution < -0.4 is 0 Å². The van der Waals surface area contributed by atoms with Gasteiger partial charge < -0.3 is 14.5 Å². The molecule has 2 aromatic heterocycles. The number of morpholine rings is 1. The molecule has 2 fully saturated rings. The van der Waals surface area contributed by atoms with Crippen LogP contribution in [0.5, 0.6) is 0 Å². The lowest BCUT2D eigenvalue weighted by Gasteiger charge is -2.54. The number of rotatable bonds is 2. The molecule has 1 aromatic carbocycles. The van der Waals surface area contributed by atoms with Gasteiger partial charge in [0.25, 0.3) is 5.91 Å². The van der Waals surface area contributed by atoms with E-state index in [-0.39, 0.29) is 24.5 Å². The number of ether oxygens (including phenoxy) is 1. The third-order valence-electron chi connectivity index (χ3n) is 6.13. The van der Waals surface area contributed by atoms with Gasteiger partial charge >= 0.3 is 0 Å². The third kappa shape index (κ3) is 2.63. The van der Waals surface area contributed by atoms with E-state index in [0.29, 0.717) is 30.7 Å². The molecule has 0 bridgehead atoms. The second-order valence-corrected chi connectivity index (χ2v) is 7.49. The molecule has 8 heteroatoms. The van der Waals surface area contributed by atoms with E-state index in [1.54, 1.807) is 39.0 Å². The highest BCUT2D eigenvalue weighted by molar-refractivity contribution is 5.99. The van der Waals surface area contributed by atoms with Gasteiger partial charge in [0.2, 0.25) is 5.91 Å². The summed E-state index contributed by atoms with van der Waals surface area (Å²) in [7, 11) is 1.83. The number of piperidine rings is 1. The molecule has 0 N–H and O–H groups in total. The Morgan fingerprint density at radius 2 is 2.07 bits per heavy atom. The number of carbonyl (C=O) groups excluding carboxylic acids is 2. The molecule has 3 aromatic rings. The first-order valence-electron chi connectivity index (χ1n) is 9.62. The van der Waals surface area contributed by atoms with Crippen molar-refractivity contribution in [2.24, 2.45) is 0 Å². The summed E-state index contributed by atoms with van der Waals surface area (Å²) in [5.41, 5.74) is 1.46. The minimum atomic E-state index is -0.577. The molecule has 148 valence electrons. The highest BCUT2D eigenvalue weighted by Crippen LogP contribution is 2.42. The summed E-state index contributed by atoms with van der Waals surface area (Å²) in [4.78, 5) is 33.6. The van der Waals surface area contributed by atoms with Crippen molar-refractivity contribution in [2.45, 2.75) is 18.1 Å². The van der Waals surface area contributed by atoms with Crippen molar-refractivity contribution in [1.29, 1.82) is 0 Å². The smallest absolute Gasteiger partial charge is 0.259 e. The van der Waals surface area contributed by atoms with Crippen molar-refractivity contribution >= 4 is 17.5 Å². The van der Waals surface area contributed by atoms with Crippen LogP contribution in [0.4, 0.5) is 0 Å². The quantitative estimate of drug-likeness (QED) is 0.658. The monoisotopic (exact) mass is 391 g/mol. The summed E-state index contributed by atoms with van der Waals surface area (Å²) in [6.07, 6.45) is 5.26. The van der Waals surface area contributed by atoms with Gasteiger partial charge in [-0.2, -0.15) is 5.10 Å². The molecule has 2 amide bonds. The highest BCUT2D eigenvalue weighted by Gasteiger charge is 2.53. The standard InChI is InChI=1S/C21H21N5O3/c1-24-18(27)14-29-17-13-25(11-8-21(17,24)15-6-3-2-4-7-15)20(28)16-12-23-26-10-5-9-22-19(16)26/h2-7,9-10,12,17H,8,11,13-14H2,1H3/t17-,21+/m1/s1. The SMILES string of the molecule is CN1C(=O)CO[C@@H]2CN(C(=O)c3cnn4cccnc34)CC[C@]21c1ccccc1. The molecular formula is C21H21N5O3. The molecule has 29 heavy (non-hydrogen) atoms. The molecule has 2 aliphatic rings.